The Hall–Kier alpha value is -7.47. The van der Waals surface area contributed by atoms with Crippen LogP contribution in [0.5, 0.6) is 0 Å². The molecule has 0 aliphatic carbocycles. The number of aromatic nitrogens is 2. The van der Waals surface area contributed by atoms with E-state index in [9.17, 15) is 0 Å². The summed E-state index contributed by atoms with van der Waals surface area (Å²) in [5.41, 5.74) is 12.6. The molecule has 1 aliphatic heterocycles. The third-order valence-electron chi connectivity index (χ3n) is 12.3. The lowest BCUT2D eigenvalue weighted by molar-refractivity contribution is 0.626. The molecule has 13 rings (SSSR count). The summed E-state index contributed by atoms with van der Waals surface area (Å²) in [6, 6.07) is 70.6. The van der Waals surface area contributed by atoms with Gasteiger partial charge >= 0.3 is 0 Å². The summed E-state index contributed by atoms with van der Waals surface area (Å²) < 4.78 is 7.44. The van der Waals surface area contributed by atoms with E-state index in [2.05, 4.69) is 209 Å². The zero-order chi connectivity index (χ0) is 38.6. The Kier molecular flexibility index (Phi) is 6.91. The third-order valence-corrected chi connectivity index (χ3v) is 13.5. The van der Waals surface area contributed by atoms with Crippen molar-refractivity contribution in [2.45, 2.75) is 6.29 Å². The lowest BCUT2D eigenvalue weighted by Crippen LogP contribution is -2.24. The van der Waals surface area contributed by atoms with E-state index >= 15 is 0 Å². The molecule has 1 aliphatic rings. The molecule has 59 heavy (non-hydrogen) atoms. The molecule has 4 nitrogen and oxygen atoms in total. The van der Waals surface area contributed by atoms with Crippen LogP contribution in [0.2, 0.25) is 0 Å². The van der Waals surface area contributed by atoms with Crippen molar-refractivity contribution in [2.24, 2.45) is 4.99 Å². The molecule has 0 spiro atoms. The second-order valence-corrected chi connectivity index (χ2v) is 16.6. The molecule has 12 aromatic rings. The van der Waals surface area contributed by atoms with Crippen LogP contribution in [0.4, 0.5) is 5.69 Å². The van der Waals surface area contributed by atoms with Gasteiger partial charge < -0.3 is 14.5 Å². The van der Waals surface area contributed by atoms with Gasteiger partial charge in [-0.3, -0.25) is 0 Å². The van der Waals surface area contributed by atoms with Gasteiger partial charge in [0.2, 0.25) is 6.29 Å². The highest BCUT2D eigenvalue weighted by atomic mass is 32.1. The maximum atomic E-state index is 5.61. The van der Waals surface area contributed by atoms with Crippen molar-refractivity contribution in [3.63, 3.8) is 0 Å². The van der Waals surface area contributed by atoms with Gasteiger partial charge in [-0.2, -0.15) is 0 Å². The average Bonchev–Trinajstić information content (AvgIpc) is 3.96. The Labute approximate surface area is 343 Å². The summed E-state index contributed by atoms with van der Waals surface area (Å²) in [6.07, 6.45) is -0.355. The minimum atomic E-state index is -0.355. The lowest BCUT2D eigenvalue weighted by atomic mass is 9.96. The minimum absolute atomic E-state index is 0.355. The first-order chi connectivity index (χ1) is 29.3. The van der Waals surface area contributed by atoms with Gasteiger partial charge in [-0.25, -0.2) is 4.99 Å². The fourth-order valence-corrected chi connectivity index (χ4v) is 10.8. The Bertz CT molecular complexity index is 3700. The smallest absolute Gasteiger partial charge is 0.201 e. The molecule has 1 atom stereocenters. The van der Waals surface area contributed by atoms with Crippen molar-refractivity contribution in [2.75, 3.05) is 5.32 Å². The largest absolute Gasteiger partial charge is 0.346 e. The topological polar surface area (TPSA) is 34.2 Å². The quantitative estimate of drug-likeness (QED) is 0.190. The van der Waals surface area contributed by atoms with Crippen LogP contribution in [-0.2, 0) is 0 Å². The Morgan fingerprint density at radius 2 is 1.15 bits per heavy atom. The number of rotatable bonds is 4. The number of benzene rings is 9. The summed E-state index contributed by atoms with van der Waals surface area (Å²) in [5, 5.41) is 13.9. The second kappa shape index (κ2) is 12.5. The molecule has 0 saturated carbocycles. The van der Waals surface area contributed by atoms with Gasteiger partial charge in [0.25, 0.3) is 0 Å². The Balaban J connectivity index is 0.965. The number of anilines is 1. The summed E-state index contributed by atoms with van der Waals surface area (Å²) in [7, 11) is 0. The van der Waals surface area contributed by atoms with Crippen molar-refractivity contribution in [1.29, 1.82) is 0 Å². The predicted molar refractivity (Wildman–Crippen MR) is 251 cm³/mol. The summed E-state index contributed by atoms with van der Waals surface area (Å²) in [4.78, 5) is 5.61. The molecule has 5 heteroatoms. The normalized spacial score (nSPS) is 14.2. The van der Waals surface area contributed by atoms with E-state index in [4.69, 9.17) is 4.99 Å². The van der Waals surface area contributed by atoms with E-state index in [1.54, 1.807) is 0 Å². The number of para-hydroxylation sites is 3. The number of thiophene rings is 1. The maximum absolute atomic E-state index is 5.61. The molecule has 0 bridgehead atoms. The zero-order valence-corrected chi connectivity index (χ0v) is 32.6. The van der Waals surface area contributed by atoms with Crippen LogP contribution in [-0.4, -0.2) is 14.8 Å². The SMILES string of the molecule is c1ccc(-n2c3ccc(-c4ccc(C5=NC(n6c7ccccc7c7ccc8sc9ccccc9c8c76)Nc6ccccc65)cc4)cc3c3ccc4ccccc4c32)cc1. The van der Waals surface area contributed by atoms with Gasteiger partial charge in [0.15, 0.2) is 0 Å². The van der Waals surface area contributed by atoms with Gasteiger partial charge in [-0.15, -0.1) is 11.3 Å². The van der Waals surface area contributed by atoms with Gasteiger partial charge in [0.1, 0.15) is 0 Å². The highest BCUT2D eigenvalue weighted by molar-refractivity contribution is 7.26. The summed E-state index contributed by atoms with van der Waals surface area (Å²) in [5.74, 6) is 0. The van der Waals surface area contributed by atoms with Crippen LogP contribution in [0.25, 0.3) is 91.4 Å². The Morgan fingerprint density at radius 3 is 2.05 bits per heavy atom. The van der Waals surface area contributed by atoms with Crippen molar-refractivity contribution in [3.8, 4) is 16.8 Å². The van der Waals surface area contributed by atoms with Gasteiger partial charge in [-0.1, -0.05) is 146 Å². The van der Waals surface area contributed by atoms with Crippen LogP contribution < -0.4 is 5.32 Å². The first kappa shape index (κ1) is 32.6. The fraction of sp³-hybridized carbons (Fsp3) is 0.0185. The van der Waals surface area contributed by atoms with E-state index in [0.29, 0.717) is 0 Å². The van der Waals surface area contributed by atoms with E-state index in [0.717, 1.165) is 33.7 Å². The number of nitrogens with one attached hydrogen (secondary N) is 1. The van der Waals surface area contributed by atoms with Crippen LogP contribution in [0.3, 0.4) is 0 Å². The number of hydrogen-bond acceptors (Lipinski definition) is 3. The summed E-state index contributed by atoms with van der Waals surface area (Å²) in [6.45, 7) is 0. The van der Waals surface area contributed by atoms with Crippen molar-refractivity contribution in [3.05, 3.63) is 205 Å². The highest BCUT2D eigenvalue weighted by Crippen LogP contribution is 2.45. The monoisotopic (exact) mass is 770 g/mol. The molecule has 0 saturated heterocycles. The number of hydrogen-bond donors (Lipinski definition) is 1. The van der Waals surface area contributed by atoms with Crippen LogP contribution in [0.1, 0.15) is 17.4 Å². The van der Waals surface area contributed by atoms with Crippen LogP contribution >= 0.6 is 11.3 Å². The fourth-order valence-electron chi connectivity index (χ4n) is 9.71. The maximum Gasteiger partial charge on any atom is 0.201 e. The van der Waals surface area contributed by atoms with Crippen molar-refractivity contribution >= 4 is 97.3 Å². The summed E-state index contributed by atoms with van der Waals surface area (Å²) >= 11 is 1.86. The Morgan fingerprint density at radius 1 is 0.458 bits per heavy atom. The lowest BCUT2D eigenvalue weighted by Gasteiger charge is -2.28. The molecule has 276 valence electrons. The van der Waals surface area contributed by atoms with E-state index in [1.165, 1.54) is 80.2 Å². The molecule has 9 aromatic carbocycles. The number of nitrogens with zero attached hydrogens (tertiary/aromatic N) is 3. The molecule has 1 N–H and O–H groups in total. The first-order valence-electron chi connectivity index (χ1n) is 20.2. The van der Waals surface area contributed by atoms with Crippen LogP contribution in [0.15, 0.2) is 199 Å². The van der Waals surface area contributed by atoms with Crippen LogP contribution in [0, 0.1) is 0 Å². The molecular formula is C54H34N4S. The van der Waals surface area contributed by atoms with Gasteiger partial charge in [0, 0.05) is 69.6 Å². The minimum Gasteiger partial charge on any atom is -0.346 e. The molecule has 4 heterocycles. The first-order valence-corrected chi connectivity index (χ1v) is 21.0. The molecule has 3 aromatic heterocycles. The molecule has 0 radical (unpaired) electrons. The highest BCUT2D eigenvalue weighted by Gasteiger charge is 2.27. The van der Waals surface area contributed by atoms with E-state index in [-0.39, 0.29) is 6.29 Å². The van der Waals surface area contributed by atoms with E-state index < -0.39 is 0 Å². The van der Waals surface area contributed by atoms with Crippen molar-refractivity contribution < 1.29 is 0 Å². The molecular weight excluding hydrogens is 737 g/mol. The predicted octanol–water partition coefficient (Wildman–Crippen LogP) is 14.5. The second-order valence-electron chi connectivity index (χ2n) is 15.5. The third kappa shape index (κ3) is 4.80. The van der Waals surface area contributed by atoms with Crippen molar-refractivity contribution in [1.82, 2.24) is 9.13 Å². The number of fused-ring (bicyclic) bond motifs is 13. The molecule has 0 amide bonds. The average molecular weight is 771 g/mol. The zero-order valence-electron chi connectivity index (χ0n) is 31.8. The molecule has 1 unspecified atom stereocenters. The van der Waals surface area contributed by atoms with Gasteiger partial charge in [0.05, 0.1) is 27.8 Å². The van der Waals surface area contributed by atoms with Gasteiger partial charge in [-0.05, 0) is 65.0 Å². The van der Waals surface area contributed by atoms with E-state index in [1.807, 2.05) is 11.3 Å². The molecule has 0 fully saturated rings. The number of aliphatic imine (C=N–C) groups is 1. The standard InChI is InChI=1S/C54H34N4S/c1-2-13-37(14-3-1)57-47-30-27-36(32-44(47)41-28-26-34-12-4-5-15-38(34)52(41)57)33-22-24-35(25-23-33)51-42-17-6-9-19-45(42)55-54(56-51)58-46-20-10-7-16-39(46)40-29-31-49-50(53(40)58)43-18-8-11-21-48(43)59-49/h1-32,54-55H.